The van der Waals surface area contributed by atoms with E-state index in [9.17, 15) is 0 Å². The lowest BCUT2D eigenvalue weighted by Gasteiger charge is -2.33. The lowest BCUT2D eigenvalue weighted by atomic mass is 10.0. The second-order valence-corrected chi connectivity index (χ2v) is 4.69. The highest BCUT2D eigenvalue weighted by Gasteiger charge is 2.24. The van der Waals surface area contributed by atoms with Crippen molar-refractivity contribution in [1.29, 1.82) is 0 Å². The fourth-order valence-electron chi connectivity index (χ4n) is 1.93. The number of likely N-dealkylation sites (N-methyl/N-ethyl adjacent to an activating group) is 1. The number of nitrogens with two attached hydrogens (primary N) is 1. The van der Waals surface area contributed by atoms with E-state index in [0.717, 1.165) is 30.3 Å². The van der Waals surface area contributed by atoms with Crippen molar-refractivity contribution in [2.24, 2.45) is 5.73 Å². The molecule has 1 aromatic rings. The highest BCUT2D eigenvalue weighted by Crippen LogP contribution is 2.21. The number of halogens is 1. The number of ether oxygens (including phenoxy) is 1. The summed E-state index contributed by atoms with van der Waals surface area (Å²) in [6.45, 7) is 2.61. The predicted molar refractivity (Wildman–Crippen MR) is 65.6 cm³/mol. The molecule has 1 fully saturated rings. The molecule has 1 aromatic carbocycles. The number of rotatable bonds is 2. The largest absolute Gasteiger partial charge is 0.374 e. The Morgan fingerprint density at radius 3 is 2.75 bits per heavy atom. The van der Waals surface area contributed by atoms with Gasteiger partial charge in [-0.05, 0) is 24.7 Å². The van der Waals surface area contributed by atoms with E-state index in [1.807, 2.05) is 24.3 Å². The molecule has 2 rings (SSSR count). The van der Waals surface area contributed by atoms with Crippen LogP contribution in [0, 0.1) is 0 Å². The molecule has 88 valence electrons. The lowest BCUT2D eigenvalue weighted by Crippen LogP contribution is -2.45. The zero-order chi connectivity index (χ0) is 11.5. The third-order valence-electron chi connectivity index (χ3n) is 2.95. The number of benzene rings is 1. The molecule has 16 heavy (non-hydrogen) atoms. The summed E-state index contributed by atoms with van der Waals surface area (Å²) in [7, 11) is 2.09. The van der Waals surface area contributed by atoms with Gasteiger partial charge in [0.15, 0.2) is 0 Å². The zero-order valence-corrected chi connectivity index (χ0v) is 10.2. The molecule has 0 amide bonds. The highest BCUT2D eigenvalue weighted by atomic mass is 35.5. The molecular formula is C12H17ClN2O. The van der Waals surface area contributed by atoms with Gasteiger partial charge in [-0.3, -0.25) is 0 Å². The van der Waals surface area contributed by atoms with E-state index in [1.54, 1.807) is 0 Å². The Hall–Kier alpha value is -0.610. The zero-order valence-electron chi connectivity index (χ0n) is 9.40. The molecule has 4 heteroatoms. The van der Waals surface area contributed by atoms with E-state index >= 15 is 0 Å². The maximum atomic E-state index is 6.19. The molecular weight excluding hydrogens is 224 g/mol. The fraction of sp³-hybridized carbons (Fsp3) is 0.500. The average Bonchev–Trinajstić information content (AvgIpc) is 2.29. The molecule has 2 atom stereocenters. The minimum absolute atomic E-state index is 0.0694. The molecule has 2 N–H and O–H groups in total. The van der Waals surface area contributed by atoms with Crippen molar-refractivity contribution in [3.63, 3.8) is 0 Å². The Kier molecular flexibility index (Phi) is 3.82. The van der Waals surface area contributed by atoms with Crippen LogP contribution in [-0.2, 0) is 4.74 Å². The molecule has 0 aromatic heterocycles. The lowest BCUT2D eigenvalue weighted by molar-refractivity contribution is -0.0326. The van der Waals surface area contributed by atoms with E-state index in [1.165, 1.54) is 0 Å². The maximum absolute atomic E-state index is 6.19. The summed E-state index contributed by atoms with van der Waals surface area (Å²) in [5, 5.41) is 0.734. The van der Waals surface area contributed by atoms with Gasteiger partial charge in [0.2, 0.25) is 0 Å². The first-order valence-electron chi connectivity index (χ1n) is 5.48. The minimum Gasteiger partial charge on any atom is -0.374 e. The monoisotopic (exact) mass is 240 g/mol. The Balaban J connectivity index is 2.06. The third-order valence-corrected chi connectivity index (χ3v) is 3.20. The van der Waals surface area contributed by atoms with Gasteiger partial charge in [0.25, 0.3) is 0 Å². The van der Waals surface area contributed by atoms with Gasteiger partial charge in [0.05, 0.1) is 18.8 Å². The Labute approximate surface area is 101 Å². The molecule has 1 aliphatic rings. The van der Waals surface area contributed by atoms with Crippen molar-refractivity contribution in [3.05, 3.63) is 34.9 Å². The number of hydrogen-bond donors (Lipinski definition) is 1. The molecule has 0 bridgehead atoms. The summed E-state index contributed by atoms with van der Waals surface area (Å²) in [5.41, 5.74) is 7.26. The van der Waals surface area contributed by atoms with Crippen molar-refractivity contribution in [3.8, 4) is 0 Å². The summed E-state index contributed by atoms with van der Waals surface area (Å²) in [6, 6.07) is 7.57. The SMILES string of the molecule is CN1CCO[C@H]([C@H](N)c2ccc(Cl)cc2)C1. The van der Waals surface area contributed by atoms with E-state index in [0.29, 0.717) is 0 Å². The van der Waals surface area contributed by atoms with Crippen molar-refractivity contribution in [2.45, 2.75) is 12.1 Å². The molecule has 0 spiro atoms. The Morgan fingerprint density at radius 2 is 2.12 bits per heavy atom. The van der Waals surface area contributed by atoms with Gasteiger partial charge in [0, 0.05) is 18.1 Å². The van der Waals surface area contributed by atoms with Gasteiger partial charge in [-0.1, -0.05) is 23.7 Å². The highest BCUT2D eigenvalue weighted by molar-refractivity contribution is 6.30. The van der Waals surface area contributed by atoms with Gasteiger partial charge in [-0.2, -0.15) is 0 Å². The molecule has 0 aliphatic carbocycles. The molecule has 0 radical (unpaired) electrons. The second-order valence-electron chi connectivity index (χ2n) is 4.25. The third kappa shape index (κ3) is 2.74. The Bertz CT molecular complexity index is 341. The molecule has 0 unspecified atom stereocenters. The van der Waals surface area contributed by atoms with Crippen LogP contribution in [0.1, 0.15) is 11.6 Å². The first-order chi connectivity index (χ1) is 7.66. The van der Waals surface area contributed by atoms with Gasteiger partial charge in [0.1, 0.15) is 0 Å². The number of nitrogens with zero attached hydrogens (tertiary/aromatic N) is 1. The molecule has 1 heterocycles. The van der Waals surface area contributed by atoms with Gasteiger partial charge >= 0.3 is 0 Å². The molecule has 1 saturated heterocycles. The molecule has 3 nitrogen and oxygen atoms in total. The standard InChI is InChI=1S/C12H17ClN2O/c1-15-6-7-16-11(8-15)12(14)9-2-4-10(13)5-3-9/h2-5,11-12H,6-8,14H2,1H3/t11-,12+/m0/s1. The van der Waals surface area contributed by atoms with Crippen LogP contribution in [0.25, 0.3) is 0 Å². The summed E-state index contributed by atoms with van der Waals surface area (Å²) in [4.78, 5) is 2.24. The van der Waals surface area contributed by atoms with Crippen LogP contribution >= 0.6 is 11.6 Å². The Morgan fingerprint density at radius 1 is 1.44 bits per heavy atom. The normalized spacial score (nSPS) is 24.3. The minimum atomic E-state index is -0.0833. The van der Waals surface area contributed by atoms with Crippen LogP contribution in [0.3, 0.4) is 0 Å². The van der Waals surface area contributed by atoms with Crippen LogP contribution in [-0.4, -0.2) is 37.7 Å². The molecule has 1 aliphatic heterocycles. The van der Waals surface area contributed by atoms with Gasteiger partial charge < -0.3 is 15.4 Å². The summed E-state index contributed by atoms with van der Waals surface area (Å²) >= 11 is 5.85. The van der Waals surface area contributed by atoms with Gasteiger partial charge in [-0.25, -0.2) is 0 Å². The van der Waals surface area contributed by atoms with Crippen LogP contribution < -0.4 is 5.73 Å². The first-order valence-corrected chi connectivity index (χ1v) is 5.86. The van der Waals surface area contributed by atoms with Crippen LogP contribution in [0.2, 0.25) is 5.02 Å². The van der Waals surface area contributed by atoms with E-state index in [2.05, 4.69) is 11.9 Å². The van der Waals surface area contributed by atoms with E-state index < -0.39 is 0 Å². The summed E-state index contributed by atoms with van der Waals surface area (Å²) in [5.74, 6) is 0. The summed E-state index contributed by atoms with van der Waals surface area (Å²) < 4.78 is 5.70. The second kappa shape index (κ2) is 5.15. The van der Waals surface area contributed by atoms with Gasteiger partial charge in [-0.15, -0.1) is 0 Å². The average molecular weight is 241 g/mol. The van der Waals surface area contributed by atoms with Crippen LogP contribution in [0.4, 0.5) is 0 Å². The van der Waals surface area contributed by atoms with Crippen LogP contribution in [0.15, 0.2) is 24.3 Å². The fourth-order valence-corrected chi connectivity index (χ4v) is 2.05. The van der Waals surface area contributed by atoms with E-state index in [-0.39, 0.29) is 12.1 Å². The van der Waals surface area contributed by atoms with Crippen molar-refractivity contribution in [1.82, 2.24) is 4.90 Å². The number of hydrogen-bond acceptors (Lipinski definition) is 3. The van der Waals surface area contributed by atoms with Crippen molar-refractivity contribution in [2.75, 3.05) is 26.7 Å². The topological polar surface area (TPSA) is 38.5 Å². The number of morpholine rings is 1. The van der Waals surface area contributed by atoms with Crippen molar-refractivity contribution < 1.29 is 4.74 Å². The predicted octanol–water partition coefficient (Wildman–Crippen LogP) is 1.67. The van der Waals surface area contributed by atoms with E-state index in [4.69, 9.17) is 22.1 Å². The maximum Gasteiger partial charge on any atom is 0.0894 e. The quantitative estimate of drug-likeness (QED) is 0.855. The van der Waals surface area contributed by atoms with Crippen LogP contribution in [0.5, 0.6) is 0 Å². The smallest absolute Gasteiger partial charge is 0.0894 e. The first kappa shape index (κ1) is 11.9. The van der Waals surface area contributed by atoms with Crippen molar-refractivity contribution >= 4 is 11.6 Å². The summed E-state index contributed by atoms with van der Waals surface area (Å²) in [6.07, 6.45) is 0.0694. The molecule has 0 saturated carbocycles.